The van der Waals surface area contributed by atoms with Crippen LogP contribution in [0.4, 0.5) is 13.2 Å². The summed E-state index contributed by atoms with van der Waals surface area (Å²) in [6, 6.07) is 7.03. The maximum atomic E-state index is 13.1. The molecule has 0 saturated heterocycles. The largest absolute Gasteiger partial charge is 0.452 e. The van der Waals surface area contributed by atoms with Crippen LogP contribution in [0.3, 0.4) is 0 Å². The molecule has 1 unspecified atom stereocenters. The summed E-state index contributed by atoms with van der Waals surface area (Å²) in [5.41, 5.74) is 0.493. The molecule has 0 saturated carbocycles. The Morgan fingerprint density at radius 1 is 0.952 bits per heavy atom. The molecular weight excluding hydrogens is 350 g/mol. The molecular formula is C13H7Cl3F3NO. The van der Waals surface area contributed by atoms with Crippen LogP contribution in [-0.2, 0) is 0 Å². The van der Waals surface area contributed by atoms with Crippen LogP contribution in [0.1, 0.15) is 0 Å². The minimum absolute atomic E-state index is 0.0874. The predicted octanol–water partition coefficient (Wildman–Crippen LogP) is 5.65. The van der Waals surface area contributed by atoms with E-state index < -0.39 is 12.8 Å². The number of halogens is 6. The molecule has 0 aliphatic rings. The highest BCUT2D eigenvalue weighted by atomic mass is 35.5. The van der Waals surface area contributed by atoms with Gasteiger partial charge in [0.15, 0.2) is 0 Å². The van der Waals surface area contributed by atoms with Gasteiger partial charge >= 0.3 is 6.43 Å². The normalized spacial score (nSPS) is 12.5. The Balaban J connectivity index is 2.45. The van der Waals surface area contributed by atoms with Gasteiger partial charge in [-0.3, -0.25) is 0 Å². The van der Waals surface area contributed by atoms with Crippen LogP contribution >= 0.6 is 34.8 Å². The van der Waals surface area contributed by atoms with E-state index >= 15 is 0 Å². The SMILES string of the molecule is FC(F)C(F)Oc1ccc(Cl)nc1-c1ccc(Cl)c(Cl)c1. The molecule has 0 radical (unpaired) electrons. The molecule has 0 N–H and O–H groups in total. The zero-order valence-electron chi connectivity index (χ0n) is 10.2. The third-order valence-corrected chi connectivity index (χ3v) is 3.40. The molecule has 0 amide bonds. The first kappa shape index (κ1) is 16.2. The minimum Gasteiger partial charge on any atom is -0.452 e. The van der Waals surface area contributed by atoms with Crippen LogP contribution in [0.15, 0.2) is 30.3 Å². The number of rotatable bonds is 4. The second-order valence-corrected chi connectivity index (χ2v) is 5.11. The van der Waals surface area contributed by atoms with Crippen molar-refractivity contribution in [1.82, 2.24) is 4.98 Å². The van der Waals surface area contributed by atoms with Crippen molar-refractivity contribution < 1.29 is 17.9 Å². The van der Waals surface area contributed by atoms with Gasteiger partial charge in [0.25, 0.3) is 6.36 Å². The van der Waals surface area contributed by atoms with Crippen molar-refractivity contribution in [3.8, 4) is 17.0 Å². The number of hydrogen-bond acceptors (Lipinski definition) is 2. The van der Waals surface area contributed by atoms with E-state index in [1.54, 1.807) is 0 Å². The van der Waals surface area contributed by atoms with Gasteiger partial charge in [-0.25, -0.2) is 13.8 Å². The molecule has 0 aliphatic carbocycles. The van der Waals surface area contributed by atoms with Crippen molar-refractivity contribution in [2.24, 2.45) is 0 Å². The maximum absolute atomic E-state index is 13.1. The molecule has 2 rings (SSSR count). The van der Waals surface area contributed by atoms with Crippen LogP contribution in [-0.4, -0.2) is 17.8 Å². The van der Waals surface area contributed by atoms with Gasteiger partial charge in [-0.15, -0.1) is 0 Å². The van der Waals surface area contributed by atoms with Crippen LogP contribution in [0.2, 0.25) is 15.2 Å². The summed E-state index contributed by atoms with van der Waals surface area (Å²) in [6.07, 6.45) is -6.04. The summed E-state index contributed by atoms with van der Waals surface area (Å²) in [6.45, 7) is 0. The molecule has 1 aromatic carbocycles. The van der Waals surface area contributed by atoms with E-state index in [2.05, 4.69) is 9.72 Å². The first-order chi connectivity index (χ1) is 9.88. The summed E-state index contributed by atoms with van der Waals surface area (Å²) < 4.78 is 42.2. The van der Waals surface area contributed by atoms with Gasteiger partial charge in [0.2, 0.25) is 0 Å². The summed E-state index contributed by atoms with van der Waals surface area (Å²) in [4.78, 5) is 3.95. The fourth-order valence-electron chi connectivity index (χ4n) is 1.54. The average Bonchev–Trinajstić information content (AvgIpc) is 2.43. The Morgan fingerprint density at radius 2 is 1.67 bits per heavy atom. The zero-order valence-corrected chi connectivity index (χ0v) is 12.4. The lowest BCUT2D eigenvalue weighted by atomic mass is 10.1. The standard InChI is InChI=1S/C13H7Cl3F3NO/c14-7-2-1-6(5-8(7)15)11-9(3-4-10(16)20-11)21-13(19)12(17)18/h1-5,12-13H. The molecule has 0 bridgehead atoms. The summed E-state index contributed by atoms with van der Waals surface area (Å²) >= 11 is 17.4. The van der Waals surface area contributed by atoms with Crippen molar-refractivity contribution in [1.29, 1.82) is 0 Å². The molecule has 21 heavy (non-hydrogen) atoms. The third-order valence-electron chi connectivity index (χ3n) is 2.45. The van der Waals surface area contributed by atoms with Crippen LogP contribution < -0.4 is 4.74 Å². The van der Waals surface area contributed by atoms with Gasteiger partial charge < -0.3 is 4.74 Å². The van der Waals surface area contributed by atoms with Crippen molar-refractivity contribution in [2.45, 2.75) is 12.8 Å². The van der Waals surface area contributed by atoms with Crippen LogP contribution in [0.25, 0.3) is 11.3 Å². The fourth-order valence-corrected chi connectivity index (χ4v) is 1.99. The van der Waals surface area contributed by atoms with Crippen molar-refractivity contribution >= 4 is 34.8 Å². The lowest BCUT2D eigenvalue weighted by Crippen LogP contribution is -2.20. The minimum atomic E-state index is -3.28. The van der Waals surface area contributed by atoms with Crippen molar-refractivity contribution in [3.63, 3.8) is 0 Å². The number of hydrogen-bond donors (Lipinski definition) is 0. The second kappa shape index (κ2) is 6.73. The monoisotopic (exact) mass is 355 g/mol. The summed E-state index contributed by atoms with van der Waals surface area (Å²) in [5, 5.41) is 0.629. The van der Waals surface area contributed by atoms with Crippen molar-refractivity contribution in [3.05, 3.63) is 45.5 Å². The number of alkyl halides is 3. The second-order valence-electron chi connectivity index (χ2n) is 3.91. The highest BCUT2D eigenvalue weighted by Gasteiger charge is 2.23. The molecule has 1 atom stereocenters. The Kier molecular flexibility index (Phi) is 5.19. The first-order valence-electron chi connectivity index (χ1n) is 5.59. The van der Waals surface area contributed by atoms with E-state index in [1.807, 2.05) is 0 Å². The molecule has 0 spiro atoms. The number of benzene rings is 1. The summed E-state index contributed by atoms with van der Waals surface area (Å²) in [5.74, 6) is -0.175. The van der Waals surface area contributed by atoms with Gasteiger partial charge in [-0.05, 0) is 24.3 Å². The number of ether oxygens (including phenoxy) is 1. The molecule has 2 nitrogen and oxygen atoms in total. The van der Waals surface area contributed by atoms with E-state index in [4.69, 9.17) is 34.8 Å². The molecule has 112 valence electrons. The maximum Gasteiger partial charge on any atom is 0.304 e. The topological polar surface area (TPSA) is 22.1 Å². The lowest BCUT2D eigenvalue weighted by molar-refractivity contribution is -0.0667. The lowest BCUT2D eigenvalue weighted by Gasteiger charge is -2.14. The van der Waals surface area contributed by atoms with E-state index in [-0.39, 0.29) is 21.6 Å². The first-order valence-corrected chi connectivity index (χ1v) is 6.72. The van der Waals surface area contributed by atoms with Gasteiger partial charge in [0.05, 0.1) is 10.0 Å². The van der Waals surface area contributed by atoms with E-state index in [0.29, 0.717) is 10.6 Å². The van der Waals surface area contributed by atoms with Crippen LogP contribution in [0.5, 0.6) is 5.75 Å². The molecule has 2 aromatic rings. The third kappa shape index (κ3) is 3.93. The quantitative estimate of drug-likeness (QED) is 0.661. The molecule has 0 fully saturated rings. The van der Waals surface area contributed by atoms with Gasteiger partial charge in [-0.1, -0.05) is 40.9 Å². The Labute approximate surface area is 133 Å². The highest BCUT2D eigenvalue weighted by molar-refractivity contribution is 6.42. The molecule has 8 heteroatoms. The fraction of sp³-hybridized carbons (Fsp3) is 0.154. The molecule has 1 heterocycles. The van der Waals surface area contributed by atoms with E-state index in [1.165, 1.54) is 30.3 Å². The number of pyridine rings is 1. The van der Waals surface area contributed by atoms with Crippen LogP contribution in [0, 0.1) is 0 Å². The van der Waals surface area contributed by atoms with E-state index in [0.717, 1.165) is 0 Å². The van der Waals surface area contributed by atoms with E-state index in [9.17, 15) is 13.2 Å². The smallest absolute Gasteiger partial charge is 0.304 e. The Morgan fingerprint density at radius 3 is 2.29 bits per heavy atom. The number of nitrogens with zero attached hydrogens (tertiary/aromatic N) is 1. The van der Waals surface area contributed by atoms with Gasteiger partial charge in [0, 0.05) is 5.56 Å². The Bertz CT molecular complexity index is 655. The average molecular weight is 357 g/mol. The van der Waals surface area contributed by atoms with Gasteiger partial charge in [0.1, 0.15) is 16.6 Å². The van der Waals surface area contributed by atoms with Gasteiger partial charge in [-0.2, -0.15) is 4.39 Å². The predicted molar refractivity (Wildman–Crippen MR) is 76.2 cm³/mol. The Hall–Kier alpha value is -1.17. The van der Waals surface area contributed by atoms with Crippen molar-refractivity contribution in [2.75, 3.05) is 0 Å². The zero-order chi connectivity index (χ0) is 15.6. The molecule has 0 aliphatic heterocycles. The summed E-state index contributed by atoms with van der Waals surface area (Å²) in [7, 11) is 0. The molecule has 1 aromatic heterocycles. The highest BCUT2D eigenvalue weighted by Crippen LogP contribution is 2.34. The number of aromatic nitrogens is 1.